The first-order valence-corrected chi connectivity index (χ1v) is 7.30. The number of rotatable bonds is 3. The zero-order chi connectivity index (χ0) is 18.5. The number of carbonyl (C=O) groups is 2. The second-order valence-electron chi connectivity index (χ2n) is 6.45. The van der Waals surface area contributed by atoms with E-state index in [1.54, 1.807) is 6.20 Å². The number of hydrogen-bond acceptors (Lipinski definition) is 6. The van der Waals surface area contributed by atoms with Crippen LogP contribution in [0.5, 0.6) is 0 Å². The van der Waals surface area contributed by atoms with Gasteiger partial charge in [0.2, 0.25) is 0 Å². The van der Waals surface area contributed by atoms with Gasteiger partial charge in [-0.3, -0.25) is 9.59 Å². The molecule has 0 radical (unpaired) electrons. The number of H-pyrrole nitrogens is 1. The van der Waals surface area contributed by atoms with Gasteiger partial charge in [0.15, 0.2) is 11.4 Å². The summed E-state index contributed by atoms with van der Waals surface area (Å²) in [4.78, 5) is 52.0. The predicted octanol–water partition coefficient (Wildman–Crippen LogP) is 1.74. The number of aromatic amines is 1. The molecule has 0 fully saturated rings. The van der Waals surface area contributed by atoms with Crippen LogP contribution in [0.2, 0.25) is 0 Å². The molecule has 0 aliphatic heterocycles. The van der Waals surface area contributed by atoms with E-state index in [1.807, 2.05) is 34.6 Å². The van der Waals surface area contributed by atoms with E-state index in [1.165, 1.54) is 6.20 Å². The second-order valence-corrected chi connectivity index (χ2v) is 6.45. The van der Waals surface area contributed by atoms with Crippen molar-refractivity contribution >= 4 is 29.0 Å². The van der Waals surface area contributed by atoms with Gasteiger partial charge in [0.25, 0.3) is 5.91 Å². The van der Waals surface area contributed by atoms with Gasteiger partial charge in [-0.05, 0) is 13.8 Å². The Morgan fingerprint density at radius 2 is 1.83 bits per heavy atom. The summed E-state index contributed by atoms with van der Waals surface area (Å²) in [5.74, 6) is -0.334. The number of nitrogens with zero attached hydrogens (tertiary/aromatic N) is 2. The van der Waals surface area contributed by atoms with Crippen molar-refractivity contribution in [1.29, 1.82) is 0 Å². The van der Waals surface area contributed by atoms with Crippen molar-refractivity contribution in [3.63, 3.8) is 0 Å². The Morgan fingerprint density at radius 3 is 2.33 bits per heavy atom. The fraction of sp³-hybridized carbons (Fsp3) is 0.438. The molecule has 1 amide bonds. The standard InChI is InChI=1S/C15H20N4O2.CO2/c1-8(2)18-14(21)10-7-17-13-11(19-10)9(6-16-13)12(20)15(3,4)5;2-1-3/h6-8H,1-5H3,(H,16,17)(H,18,21);. The maximum absolute atomic E-state index is 12.4. The summed E-state index contributed by atoms with van der Waals surface area (Å²) in [6, 6.07) is 0.0110. The minimum absolute atomic E-state index is 0.0110. The van der Waals surface area contributed by atoms with Crippen molar-refractivity contribution < 1.29 is 19.2 Å². The number of hydrogen-bond donors (Lipinski definition) is 2. The molecular weight excluding hydrogens is 312 g/mol. The lowest BCUT2D eigenvalue weighted by atomic mass is 9.87. The molecule has 2 N–H and O–H groups in total. The van der Waals surface area contributed by atoms with Crippen LogP contribution in [-0.4, -0.2) is 38.8 Å². The summed E-state index contributed by atoms with van der Waals surface area (Å²) in [7, 11) is 0. The minimum atomic E-state index is -0.521. The average Bonchev–Trinajstić information content (AvgIpc) is 2.88. The minimum Gasteiger partial charge on any atom is -0.348 e. The Morgan fingerprint density at radius 1 is 1.25 bits per heavy atom. The summed E-state index contributed by atoms with van der Waals surface area (Å²) in [5, 5.41) is 2.76. The Labute approximate surface area is 139 Å². The molecule has 0 saturated heterocycles. The molecule has 0 saturated carbocycles. The lowest BCUT2D eigenvalue weighted by Crippen LogP contribution is -2.30. The number of ketones is 1. The molecule has 0 atom stereocenters. The highest BCUT2D eigenvalue weighted by atomic mass is 16.2. The second kappa shape index (κ2) is 7.61. The lowest BCUT2D eigenvalue weighted by Gasteiger charge is -2.15. The van der Waals surface area contributed by atoms with Crippen molar-refractivity contribution in [1.82, 2.24) is 20.3 Å². The van der Waals surface area contributed by atoms with Gasteiger partial charge < -0.3 is 10.3 Å². The van der Waals surface area contributed by atoms with Crippen LogP contribution < -0.4 is 5.32 Å². The van der Waals surface area contributed by atoms with E-state index in [0.717, 1.165) is 0 Å². The number of fused-ring (bicyclic) bond motifs is 1. The van der Waals surface area contributed by atoms with Crippen molar-refractivity contribution in [2.24, 2.45) is 5.41 Å². The first-order chi connectivity index (χ1) is 11.1. The molecule has 0 unspecified atom stereocenters. The first-order valence-electron chi connectivity index (χ1n) is 7.30. The third-order valence-corrected chi connectivity index (χ3v) is 2.96. The summed E-state index contributed by atoms with van der Waals surface area (Å²) in [6.45, 7) is 9.27. The Balaban J connectivity index is 0.000000891. The monoisotopic (exact) mass is 332 g/mol. The van der Waals surface area contributed by atoms with Crippen LogP contribution in [0.3, 0.4) is 0 Å². The molecule has 8 heteroatoms. The third kappa shape index (κ3) is 4.57. The van der Waals surface area contributed by atoms with Crippen LogP contribution in [0.25, 0.3) is 11.2 Å². The highest BCUT2D eigenvalue weighted by Gasteiger charge is 2.26. The molecule has 2 aromatic heterocycles. The summed E-state index contributed by atoms with van der Waals surface area (Å²) >= 11 is 0. The van der Waals surface area contributed by atoms with Gasteiger partial charge in [-0.15, -0.1) is 0 Å². The molecule has 0 aromatic carbocycles. The largest absolute Gasteiger partial charge is 0.373 e. The van der Waals surface area contributed by atoms with E-state index < -0.39 is 5.41 Å². The quantitative estimate of drug-likeness (QED) is 0.826. The number of amides is 1. The third-order valence-electron chi connectivity index (χ3n) is 2.96. The average molecular weight is 332 g/mol. The number of nitrogens with one attached hydrogen (secondary N) is 2. The van der Waals surface area contributed by atoms with E-state index in [2.05, 4.69) is 20.3 Å². The number of carbonyl (C=O) groups excluding carboxylic acids is 4. The maximum atomic E-state index is 12.4. The van der Waals surface area contributed by atoms with E-state index >= 15 is 0 Å². The van der Waals surface area contributed by atoms with E-state index in [-0.39, 0.29) is 29.6 Å². The van der Waals surface area contributed by atoms with Crippen LogP contribution in [0.15, 0.2) is 12.4 Å². The smallest absolute Gasteiger partial charge is 0.348 e. The molecule has 2 aromatic rings. The summed E-state index contributed by atoms with van der Waals surface area (Å²) in [5.41, 5.74) is 1.09. The van der Waals surface area contributed by atoms with Crippen molar-refractivity contribution in [2.75, 3.05) is 0 Å². The Kier molecular flexibility index (Phi) is 6.08. The molecule has 0 spiro atoms. The fourth-order valence-corrected chi connectivity index (χ4v) is 1.91. The van der Waals surface area contributed by atoms with E-state index in [0.29, 0.717) is 16.7 Å². The number of Topliss-reactive ketones (excluding diaryl/α,β-unsaturated/α-hetero) is 1. The normalized spacial score (nSPS) is 10.8. The molecule has 0 bridgehead atoms. The number of aromatic nitrogens is 3. The molecule has 2 rings (SSSR count). The van der Waals surface area contributed by atoms with Gasteiger partial charge in [0.1, 0.15) is 11.2 Å². The maximum Gasteiger partial charge on any atom is 0.373 e. The van der Waals surface area contributed by atoms with Gasteiger partial charge in [-0.1, -0.05) is 20.8 Å². The predicted molar refractivity (Wildman–Crippen MR) is 85.3 cm³/mol. The van der Waals surface area contributed by atoms with Gasteiger partial charge in [-0.25, -0.2) is 9.97 Å². The first kappa shape index (κ1) is 19.2. The lowest BCUT2D eigenvalue weighted by molar-refractivity contribution is -0.191. The molecule has 0 aliphatic carbocycles. The van der Waals surface area contributed by atoms with Crippen LogP contribution in [-0.2, 0) is 9.59 Å². The van der Waals surface area contributed by atoms with Crippen molar-refractivity contribution in [3.8, 4) is 0 Å². The van der Waals surface area contributed by atoms with Gasteiger partial charge in [-0.2, -0.15) is 9.59 Å². The molecule has 2 heterocycles. The van der Waals surface area contributed by atoms with Crippen LogP contribution in [0.1, 0.15) is 55.5 Å². The molecule has 24 heavy (non-hydrogen) atoms. The topological polar surface area (TPSA) is 122 Å². The Bertz CT molecular complexity index is 781. The van der Waals surface area contributed by atoms with Gasteiger partial charge >= 0.3 is 6.15 Å². The fourth-order valence-electron chi connectivity index (χ4n) is 1.91. The Hall–Kier alpha value is -2.86. The molecule has 0 aliphatic rings. The van der Waals surface area contributed by atoms with E-state index in [4.69, 9.17) is 9.59 Å². The van der Waals surface area contributed by atoms with Crippen molar-refractivity contribution in [2.45, 2.75) is 40.7 Å². The van der Waals surface area contributed by atoms with Crippen molar-refractivity contribution in [3.05, 3.63) is 23.7 Å². The zero-order valence-corrected chi connectivity index (χ0v) is 14.3. The van der Waals surface area contributed by atoms with E-state index in [9.17, 15) is 9.59 Å². The molecular formula is C16H20N4O4. The van der Waals surface area contributed by atoms with Crippen LogP contribution in [0.4, 0.5) is 0 Å². The highest BCUT2D eigenvalue weighted by Crippen LogP contribution is 2.24. The van der Waals surface area contributed by atoms with Crippen LogP contribution >= 0.6 is 0 Å². The molecule has 128 valence electrons. The summed E-state index contributed by atoms with van der Waals surface area (Å²) in [6.07, 6.45) is 3.25. The van der Waals surface area contributed by atoms with Gasteiger partial charge in [0, 0.05) is 17.7 Å². The zero-order valence-electron chi connectivity index (χ0n) is 14.3. The SMILES string of the molecule is CC(C)NC(=O)c1cnc2[nH]cc(C(=O)C(C)(C)C)c2n1.O=C=O. The van der Waals surface area contributed by atoms with Crippen LogP contribution in [0, 0.1) is 5.41 Å². The summed E-state index contributed by atoms with van der Waals surface area (Å²) < 4.78 is 0. The molecule has 8 nitrogen and oxygen atoms in total. The van der Waals surface area contributed by atoms with Gasteiger partial charge in [0.05, 0.1) is 11.8 Å². The highest BCUT2D eigenvalue weighted by molar-refractivity contribution is 6.08.